The Balaban J connectivity index is 1.98. The zero-order valence-corrected chi connectivity index (χ0v) is 11.7. The van der Waals surface area contributed by atoms with E-state index in [1.54, 1.807) is 6.07 Å². The number of fused-ring (bicyclic) bond motifs is 1. The van der Waals surface area contributed by atoms with Crippen LogP contribution in [0.4, 0.5) is 0 Å². The van der Waals surface area contributed by atoms with E-state index in [0.29, 0.717) is 12.6 Å². The first-order chi connectivity index (χ1) is 9.15. The van der Waals surface area contributed by atoms with Gasteiger partial charge in [0.2, 0.25) is 0 Å². The normalized spacial score (nSPS) is 11.5. The van der Waals surface area contributed by atoms with E-state index in [-0.39, 0.29) is 5.43 Å². The molecule has 5 heteroatoms. The standard InChI is InChI=1S/C14H15N3OS/c1-10(2)17-7-3-11(15-17)9-16-6-4-13(18)14-12(16)5-8-19-14/h3-8,10H,9H2,1-2H3. The monoisotopic (exact) mass is 273 g/mol. The number of hydrogen-bond acceptors (Lipinski definition) is 3. The summed E-state index contributed by atoms with van der Waals surface area (Å²) in [6, 6.07) is 6.00. The molecule has 0 N–H and O–H groups in total. The van der Waals surface area contributed by atoms with Crippen LogP contribution in [0.1, 0.15) is 25.6 Å². The summed E-state index contributed by atoms with van der Waals surface area (Å²) in [5, 5.41) is 6.49. The largest absolute Gasteiger partial charge is 0.340 e. The van der Waals surface area contributed by atoms with E-state index in [1.807, 2.05) is 34.6 Å². The quantitative estimate of drug-likeness (QED) is 0.736. The van der Waals surface area contributed by atoms with Crippen molar-refractivity contribution in [3.8, 4) is 0 Å². The van der Waals surface area contributed by atoms with Gasteiger partial charge < -0.3 is 4.57 Å². The maximum atomic E-state index is 11.7. The Kier molecular flexibility index (Phi) is 2.98. The Bertz CT molecular complexity index is 766. The highest BCUT2D eigenvalue weighted by molar-refractivity contribution is 7.17. The number of thiophene rings is 1. The van der Waals surface area contributed by atoms with Crippen LogP contribution in [0.2, 0.25) is 0 Å². The minimum absolute atomic E-state index is 0.0916. The Hall–Kier alpha value is -1.88. The van der Waals surface area contributed by atoms with Crippen molar-refractivity contribution in [1.82, 2.24) is 14.3 Å². The molecule has 3 aromatic heterocycles. The van der Waals surface area contributed by atoms with Crippen LogP contribution in [0.5, 0.6) is 0 Å². The summed E-state index contributed by atoms with van der Waals surface area (Å²) in [5.41, 5.74) is 2.08. The molecule has 0 bridgehead atoms. The lowest BCUT2D eigenvalue weighted by atomic mass is 10.3. The van der Waals surface area contributed by atoms with Crippen molar-refractivity contribution in [2.75, 3.05) is 0 Å². The van der Waals surface area contributed by atoms with Crippen molar-refractivity contribution in [2.45, 2.75) is 26.4 Å². The fraction of sp³-hybridized carbons (Fsp3) is 0.286. The Morgan fingerprint density at radius 1 is 1.26 bits per heavy atom. The molecule has 3 rings (SSSR count). The van der Waals surface area contributed by atoms with Crippen molar-refractivity contribution in [3.05, 3.63) is 51.9 Å². The van der Waals surface area contributed by atoms with Crippen LogP contribution >= 0.6 is 11.3 Å². The van der Waals surface area contributed by atoms with Crippen LogP contribution in [0, 0.1) is 0 Å². The van der Waals surface area contributed by atoms with Crippen molar-refractivity contribution in [3.63, 3.8) is 0 Å². The number of nitrogens with zero attached hydrogens (tertiary/aromatic N) is 3. The van der Waals surface area contributed by atoms with Crippen LogP contribution in [0.25, 0.3) is 10.2 Å². The van der Waals surface area contributed by atoms with Gasteiger partial charge in [-0.05, 0) is 31.4 Å². The van der Waals surface area contributed by atoms with Gasteiger partial charge >= 0.3 is 0 Å². The lowest BCUT2D eigenvalue weighted by molar-refractivity contribution is 0.524. The molecule has 0 aromatic carbocycles. The molecule has 3 heterocycles. The Morgan fingerprint density at radius 3 is 2.84 bits per heavy atom. The zero-order chi connectivity index (χ0) is 13.4. The summed E-state index contributed by atoms with van der Waals surface area (Å²) in [4.78, 5) is 11.7. The van der Waals surface area contributed by atoms with Gasteiger partial charge in [0.05, 0.1) is 22.5 Å². The van der Waals surface area contributed by atoms with Crippen molar-refractivity contribution >= 4 is 21.6 Å². The van der Waals surface area contributed by atoms with E-state index in [1.165, 1.54) is 11.3 Å². The van der Waals surface area contributed by atoms with Crippen molar-refractivity contribution in [1.29, 1.82) is 0 Å². The summed E-state index contributed by atoms with van der Waals surface area (Å²) in [7, 11) is 0. The smallest absolute Gasteiger partial charge is 0.199 e. The van der Waals surface area contributed by atoms with E-state index in [9.17, 15) is 4.79 Å². The second-order valence-electron chi connectivity index (χ2n) is 4.82. The molecule has 0 radical (unpaired) electrons. The molecule has 0 aliphatic heterocycles. The SMILES string of the molecule is CC(C)n1ccc(Cn2ccc(=O)c3sccc32)n1. The Labute approximate surface area is 114 Å². The molecule has 4 nitrogen and oxygen atoms in total. The highest BCUT2D eigenvalue weighted by Gasteiger charge is 2.07. The van der Waals surface area contributed by atoms with Crippen LogP contribution in [-0.2, 0) is 6.54 Å². The molecule has 0 unspecified atom stereocenters. The minimum Gasteiger partial charge on any atom is -0.340 e. The summed E-state index contributed by atoms with van der Waals surface area (Å²) in [6.07, 6.45) is 3.83. The number of aromatic nitrogens is 3. The van der Waals surface area contributed by atoms with Gasteiger partial charge in [-0.2, -0.15) is 5.10 Å². The van der Waals surface area contributed by atoms with E-state index in [4.69, 9.17) is 0 Å². The van der Waals surface area contributed by atoms with Gasteiger partial charge in [0.1, 0.15) is 0 Å². The minimum atomic E-state index is 0.0916. The van der Waals surface area contributed by atoms with Crippen LogP contribution in [0.15, 0.2) is 40.8 Å². The van der Waals surface area contributed by atoms with Gasteiger partial charge in [0.15, 0.2) is 5.43 Å². The highest BCUT2D eigenvalue weighted by atomic mass is 32.1. The second-order valence-corrected chi connectivity index (χ2v) is 5.74. The van der Waals surface area contributed by atoms with Gasteiger partial charge in [0.25, 0.3) is 0 Å². The van der Waals surface area contributed by atoms with Crippen molar-refractivity contribution in [2.24, 2.45) is 0 Å². The first-order valence-corrected chi connectivity index (χ1v) is 7.14. The molecule has 0 aliphatic rings. The molecular formula is C14H15N3OS. The van der Waals surface area contributed by atoms with Gasteiger partial charge in [-0.25, -0.2) is 0 Å². The van der Waals surface area contributed by atoms with E-state index in [2.05, 4.69) is 23.5 Å². The molecule has 19 heavy (non-hydrogen) atoms. The van der Waals surface area contributed by atoms with Crippen LogP contribution < -0.4 is 5.43 Å². The third-order valence-corrected chi connectivity index (χ3v) is 4.03. The fourth-order valence-electron chi connectivity index (χ4n) is 2.09. The molecule has 0 fully saturated rings. The van der Waals surface area contributed by atoms with Gasteiger partial charge in [-0.15, -0.1) is 11.3 Å². The van der Waals surface area contributed by atoms with Gasteiger partial charge in [-0.3, -0.25) is 9.48 Å². The topological polar surface area (TPSA) is 39.8 Å². The molecule has 3 aromatic rings. The highest BCUT2D eigenvalue weighted by Crippen LogP contribution is 2.17. The number of hydrogen-bond donors (Lipinski definition) is 0. The first-order valence-electron chi connectivity index (χ1n) is 6.26. The maximum absolute atomic E-state index is 11.7. The lowest BCUT2D eigenvalue weighted by Crippen LogP contribution is -2.08. The third-order valence-electron chi connectivity index (χ3n) is 3.11. The predicted molar refractivity (Wildman–Crippen MR) is 77.8 cm³/mol. The van der Waals surface area contributed by atoms with Crippen molar-refractivity contribution < 1.29 is 0 Å². The van der Waals surface area contributed by atoms with Gasteiger partial charge in [0, 0.05) is 24.5 Å². The second kappa shape index (κ2) is 4.66. The average Bonchev–Trinajstić information content (AvgIpc) is 3.01. The summed E-state index contributed by atoms with van der Waals surface area (Å²) < 4.78 is 4.83. The molecule has 0 atom stereocenters. The molecule has 0 amide bonds. The third kappa shape index (κ3) is 2.21. The van der Waals surface area contributed by atoms with Crippen LogP contribution in [-0.4, -0.2) is 14.3 Å². The van der Waals surface area contributed by atoms with Gasteiger partial charge in [-0.1, -0.05) is 0 Å². The summed E-state index contributed by atoms with van der Waals surface area (Å²) >= 11 is 1.49. The molecular weight excluding hydrogens is 258 g/mol. The molecule has 0 aliphatic carbocycles. The number of rotatable bonds is 3. The molecule has 0 spiro atoms. The van der Waals surface area contributed by atoms with E-state index in [0.717, 1.165) is 15.9 Å². The fourth-order valence-corrected chi connectivity index (χ4v) is 2.91. The molecule has 0 saturated carbocycles. The predicted octanol–water partition coefficient (Wildman–Crippen LogP) is 2.89. The van der Waals surface area contributed by atoms with Crippen LogP contribution in [0.3, 0.4) is 0 Å². The maximum Gasteiger partial charge on any atom is 0.199 e. The Morgan fingerprint density at radius 2 is 2.11 bits per heavy atom. The molecule has 0 saturated heterocycles. The van der Waals surface area contributed by atoms with E-state index < -0.39 is 0 Å². The number of pyridine rings is 1. The van der Waals surface area contributed by atoms with E-state index >= 15 is 0 Å². The average molecular weight is 273 g/mol. The first kappa shape index (κ1) is 12.2. The summed E-state index contributed by atoms with van der Waals surface area (Å²) in [6.45, 7) is 4.90. The molecule has 98 valence electrons. The lowest BCUT2D eigenvalue weighted by Gasteiger charge is -2.07. The zero-order valence-electron chi connectivity index (χ0n) is 10.9. The summed E-state index contributed by atoms with van der Waals surface area (Å²) in [5.74, 6) is 0.